The zero-order chi connectivity index (χ0) is 8.10. The molecule has 0 unspecified atom stereocenters. The van der Waals surface area contributed by atoms with Crippen LogP contribution >= 0.6 is 0 Å². The second kappa shape index (κ2) is 4.06. The van der Waals surface area contributed by atoms with Gasteiger partial charge in [-0.2, -0.15) is 10.2 Å². The van der Waals surface area contributed by atoms with Crippen molar-refractivity contribution >= 4 is 0 Å². The molecule has 0 amide bonds. The Balaban J connectivity index is 2.74. The molecule has 1 heterocycles. The quantitative estimate of drug-likeness (QED) is 0.661. The van der Waals surface area contributed by atoms with Gasteiger partial charge >= 0.3 is 0 Å². The first kappa shape index (κ1) is 8.18. The van der Waals surface area contributed by atoms with Crippen molar-refractivity contribution in [2.75, 3.05) is 0 Å². The fraction of sp³-hybridized carbons (Fsp3) is 0.556. The maximum absolute atomic E-state index is 4.07. The molecule has 0 atom stereocenters. The van der Waals surface area contributed by atoms with Crippen molar-refractivity contribution in [1.82, 2.24) is 10.2 Å². The van der Waals surface area contributed by atoms with E-state index in [0.717, 1.165) is 18.5 Å². The maximum atomic E-state index is 4.07. The van der Waals surface area contributed by atoms with Gasteiger partial charge in [0.15, 0.2) is 0 Å². The van der Waals surface area contributed by atoms with Gasteiger partial charge in [-0.15, -0.1) is 0 Å². The van der Waals surface area contributed by atoms with Crippen LogP contribution in [0.15, 0.2) is 18.3 Å². The van der Waals surface area contributed by atoms with Crippen LogP contribution in [-0.4, -0.2) is 10.2 Å². The minimum absolute atomic E-state index is 0.587. The lowest BCUT2D eigenvalue weighted by Crippen LogP contribution is -1.99. The highest BCUT2D eigenvalue weighted by molar-refractivity contribution is 5.05. The fourth-order valence-electron chi connectivity index (χ4n) is 1.24. The summed E-state index contributed by atoms with van der Waals surface area (Å²) in [5.74, 6) is 0.587. The van der Waals surface area contributed by atoms with Gasteiger partial charge in [-0.25, -0.2) is 0 Å². The first-order valence-electron chi connectivity index (χ1n) is 4.16. The molecule has 0 spiro atoms. The summed E-state index contributed by atoms with van der Waals surface area (Å²) >= 11 is 0. The van der Waals surface area contributed by atoms with Crippen LogP contribution in [0.5, 0.6) is 0 Å². The molecule has 2 heteroatoms. The highest BCUT2D eigenvalue weighted by atomic mass is 15.1. The van der Waals surface area contributed by atoms with Crippen molar-refractivity contribution in [3.8, 4) is 0 Å². The molecule has 0 aliphatic carbocycles. The fourth-order valence-corrected chi connectivity index (χ4v) is 1.24. The largest absolute Gasteiger partial charge is 0.159 e. The van der Waals surface area contributed by atoms with Crippen molar-refractivity contribution in [2.24, 2.45) is 0 Å². The molecule has 2 nitrogen and oxygen atoms in total. The first-order chi connectivity index (χ1) is 5.38. The van der Waals surface area contributed by atoms with E-state index < -0.39 is 0 Å². The third kappa shape index (κ3) is 2.00. The van der Waals surface area contributed by atoms with Gasteiger partial charge in [-0.3, -0.25) is 0 Å². The van der Waals surface area contributed by atoms with Crippen molar-refractivity contribution in [1.29, 1.82) is 0 Å². The topological polar surface area (TPSA) is 25.8 Å². The Labute approximate surface area is 67.7 Å². The summed E-state index contributed by atoms with van der Waals surface area (Å²) in [6.07, 6.45) is 4.01. The number of hydrogen-bond acceptors (Lipinski definition) is 2. The smallest absolute Gasteiger partial charge is 0.0661 e. The van der Waals surface area contributed by atoms with E-state index in [0.29, 0.717) is 5.92 Å². The zero-order valence-corrected chi connectivity index (χ0v) is 7.12. The number of hydrogen-bond donors (Lipinski definition) is 0. The molecular weight excluding hydrogens is 136 g/mol. The number of nitrogens with zero attached hydrogens (tertiary/aromatic N) is 2. The molecule has 0 saturated carbocycles. The molecule has 1 aromatic rings. The van der Waals surface area contributed by atoms with E-state index in [1.807, 2.05) is 12.1 Å². The molecule has 1 rings (SSSR count). The van der Waals surface area contributed by atoms with Crippen molar-refractivity contribution < 1.29 is 0 Å². The van der Waals surface area contributed by atoms with E-state index in [1.54, 1.807) is 6.20 Å². The summed E-state index contributed by atoms with van der Waals surface area (Å²) in [7, 11) is 0. The van der Waals surface area contributed by atoms with Gasteiger partial charge < -0.3 is 0 Å². The molecule has 0 saturated heterocycles. The first-order valence-corrected chi connectivity index (χ1v) is 4.16. The van der Waals surface area contributed by atoms with Gasteiger partial charge in [0.05, 0.1) is 5.69 Å². The Morgan fingerprint density at radius 2 is 2.09 bits per heavy atom. The van der Waals surface area contributed by atoms with Crippen LogP contribution in [0.4, 0.5) is 0 Å². The normalized spacial score (nSPS) is 10.5. The monoisotopic (exact) mass is 150 g/mol. The Bertz CT molecular complexity index is 192. The number of rotatable bonds is 3. The van der Waals surface area contributed by atoms with Crippen LogP contribution in [0.3, 0.4) is 0 Å². The van der Waals surface area contributed by atoms with E-state index in [4.69, 9.17) is 0 Å². The lowest BCUT2D eigenvalue weighted by Gasteiger charge is -2.08. The van der Waals surface area contributed by atoms with Gasteiger partial charge in [0, 0.05) is 12.1 Å². The molecular formula is C9H14N2. The Kier molecular flexibility index (Phi) is 3.02. The van der Waals surface area contributed by atoms with Crippen LogP contribution in [0.25, 0.3) is 0 Å². The molecule has 0 aromatic carbocycles. The maximum Gasteiger partial charge on any atom is 0.0661 e. The van der Waals surface area contributed by atoms with Crippen LogP contribution in [0, 0.1) is 0 Å². The SMILES string of the molecule is CCC(CC)c1cccnn1. The van der Waals surface area contributed by atoms with Gasteiger partial charge in [0.1, 0.15) is 0 Å². The second-order valence-corrected chi connectivity index (χ2v) is 2.66. The summed E-state index contributed by atoms with van der Waals surface area (Å²) in [6, 6.07) is 3.99. The van der Waals surface area contributed by atoms with Crippen LogP contribution in [-0.2, 0) is 0 Å². The van der Waals surface area contributed by atoms with Crippen molar-refractivity contribution in [2.45, 2.75) is 32.6 Å². The summed E-state index contributed by atoms with van der Waals surface area (Å²) in [5, 5.41) is 7.92. The summed E-state index contributed by atoms with van der Waals surface area (Å²) in [5.41, 5.74) is 1.12. The van der Waals surface area contributed by atoms with E-state index in [1.165, 1.54) is 0 Å². The highest BCUT2D eigenvalue weighted by Crippen LogP contribution is 2.19. The van der Waals surface area contributed by atoms with Crippen LogP contribution in [0.1, 0.15) is 38.3 Å². The average molecular weight is 150 g/mol. The molecule has 0 N–H and O–H groups in total. The zero-order valence-electron chi connectivity index (χ0n) is 7.12. The minimum atomic E-state index is 0.587. The number of aromatic nitrogens is 2. The van der Waals surface area contributed by atoms with Crippen LogP contribution in [0.2, 0.25) is 0 Å². The van der Waals surface area contributed by atoms with Crippen molar-refractivity contribution in [3.05, 3.63) is 24.0 Å². The van der Waals surface area contributed by atoms with Gasteiger partial charge in [-0.1, -0.05) is 13.8 Å². The van der Waals surface area contributed by atoms with Gasteiger partial charge in [0.2, 0.25) is 0 Å². The predicted octanol–water partition coefficient (Wildman–Crippen LogP) is 2.38. The molecule has 0 fully saturated rings. The second-order valence-electron chi connectivity index (χ2n) is 2.66. The van der Waals surface area contributed by atoms with E-state index in [2.05, 4.69) is 24.0 Å². The molecule has 1 aromatic heterocycles. The molecule has 0 aliphatic rings. The summed E-state index contributed by atoms with van der Waals surface area (Å²) < 4.78 is 0. The highest BCUT2D eigenvalue weighted by Gasteiger charge is 2.06. The van der Waals surface area contributed by atoms with E-state index in [-0.39, 0.29) is 0 Å². The summed E-state index contributed by atoms with van der Waals surface area (Å²) in [4.78, 5) is 0. The van der Waals surface area contributed by atoms with E-state index >= 15 is 0 Å². The Morgan fingerprint density at radius 1 is 1.36 bits per heavy atom. The molecule has 11 heavy (non-hydrogen) atoms. The van der Waals surface area contributed by atoms with Gasteiger partial charge in [-0.05, 0) is 25.0 Å². The minimum Gasteiger partial charge on any atom is -0.159 e. The standard InChI is InChI=1S/C9H14N2/c1-3-8(4-2)9-6-5-7-10-11-9/h5-8H,3-4H2,1-2H3. The Morgan fingerprint density at radius 3 is 2.55 bits per heavy atom. The Hall–Kier alpha value is -0.920. The lowest BCUT2D eigenvalue weighted by atomic mass is 9.99. The third-order valence-corrected chi connectivity index (χ3v) is 2.00. The third-order valence-electron chi connectivity index (χ3n) is 2.00. The predicted molar refractivity (Wildman–Crippen MR) is 45.4 cm³/mol. The molecule has 0 bridgehead atoms. The average Bonchev–Trinajstić information content (AvgIpc) is 2.09. The van der Waals surface area contributed by atoms with Crippen molar-refractivity contribution in [3.63, 3.8) is 0 Å². The lowest BCUT2D eigenvalue weighted by molar-refractivity contribution is 0.613. The molecule has 0 radical (unpaired) electrons. The van der Waals surface area contributed by atoms with Crippen LogP contribution < -0.4 is 0 Å². The molecule has 60 valence electrons. The molecule has 0 aliphatic heterocycles. The van der Waals surface area contributed by atoms with Gasteiger partial charge in [0.25, 0.3) is 0 Å². The summed E-state index contributed by atoms with van der Waals surface area (Å²) in [6.45, 7) is 4.37. The van der Waals surface area contributed by atoms with E-state index in [9.17, 15) is 0 Å².